The summed E-state index contributed by atoms with van der Waals surface area (Å²) in [6.45, 7) is 2.16. The van der Waals surface area contributed by atoms with Crippen molar-refractivity contribution in [3.05, 3.63) is 42.1 Å². The summed E-state index contributed by atoms with van der Waals surface area (Å²) in [6, 6.07) is 7.92. The molecule has 0 atom stereocenters. The molecule has 4 nitrogen and oxygen atoms in total. The highest BCUT2D eigenvalue weighted by Crippen LogP contribution is 2.23. The number of pyridine rings is 1. The van der Waals surface area contributed by atoms with Crippen LogP contribution in [0, 0.1) is 0 Å². The highest BCUT2D eigenvalue weighted by Gasteiger charge is 2.01. The number of carbonyl (C=O) groups is 1. The molecular weight excluding hydrogens is 238 g/mol. The molecule has 1 aromatic carbocycles. The number of aromatic nitrogens is 1. The van der Waals surface area contributed by atoms with Gasteiger partial charge in [-0.3, -0.25) is 4.79 Å². The SMILES string of the molecule is CC(=O)NCCC=Cc1cnc(N)c2ccccc12. The number of nitrogen functional groups attached to an aromatic ring is 1. The van der Waals surface area contributed by atoms with E-state index in [0.717, 1.165) is 22.8 Å². The lowest BCUT2D eigenvalue weighted by Gasteiger charge is -2.04. The number of amides is 1. The Balaban J connectivity index is 2.15. The highest BCUT2D eigenvalue weighted by atomic mass is 16.1. The summed E-state index contributed by atoms with van der Waals surface area (Å²) in [6.07, 6.45) is 6.59. The smallest absolute Gasteiger partial charge is 0.216 e. The summed E-state index contributed by atoms with van der Waals surface area (Å²) >= 11 is 0. The van der Waals surface area contributed by atoms with Crippen LogP contribution in [0.4, 0.5) is 5.82 Å². The van der Waals surface area contributed by atoms with Crippen LogP contribution in [0.1, 0.15) is 18.9 Å². The molecule has 2 aromatic rings. The van der Waals surface area contributed by atoms with Gasteiger partial charge in [0, 0.05) is 30.6 Å². The molecule has 0 aliphatic carbocycles. The molecule has 0 saturated heterocycles. The Hall–Kier alpha value is -2.36. The topological polar surface area (TPSA) is 68.0 Å². The van der Waals surface area contributed by atoms with Gasteiger partial charge < -0.3 is 11.1 Å². The zero-order chi connectivity index (χ0) is 13.7. The van der Waals surface area contributed by atoms with Gasteiger partial charge in [0.15, 0.2) is 0 Å². The fourth-order valence-electron chi connectivity index (χ4n) is 1.91. The fourth-order valence-corrected chi connectivity index (χ4v) is 1.91. The highest BCUT2D eigenvalue weighted by molar-refractivity contribution is 5.96. The molecule has 98 valence electrons. The van der Waals surface area contributed by atoms with Crippen LogP contribution in [0.15, 0.2) is 36.5 Å². The van der Waals surface area contributed by atoms with Gasteiger partial charge in [0.25, 0.3) is 0 Å². The third-order valence-electron chi connectivity index (χ3n) is 2.84. The zero-order valence-electron chi connectivity index (χ0n) is 10.9. The molecule has 3 N–H and O–H groups in total. The van der Waals surface area contributed by atoms with Crippen LogP contribution in [0.5, 0.6) is 0 Å². The number of nitrogens with zero attached hydrogens (tertiary/aromatic N) is 1. The molecule has 1 aromatic heterocycles. The van der Waals surface area contributed by atoms with Crippen molar-refractivity contribution in [3.8, 4) is 0 Å². The Kier molecular flexibility index (Phi) is 4.13. The van der Waals surface area contributed by atoms with Crippen LogP contribution < -0.4 is 11.1 Å². The summed E-state index contributed by atoms with van der Waals surface area (Å²) in [5.74, 6) is 0.541. The van der Waals surface area contributed by atoms with E-state index in [4.69, 9.17) is 5.73 Å². The van der Waals surface area contributed by atoms with Gasteiger partial charge in [0.1, 0.15) is 5.82 Å². The molecule has 1 amide bonds. The summed E-state index contributed by atoms with van der Waals surface area (Å²) < 4.78 is 0. The van der Waals surface area contributed by atoms with Gasteiger partial charge in [-0.05, 0) is 11.8 Å². The molecule has 19 heavy (non-hydrogen) atoms. The largest absolute Gasteiger partial charge is 0.383 e. The molecule has 4 heteroatoms. The number of rotatable bonds is 4. The van der Waals surface area contributed by atoms with E-state index in [1.807, 2.05) is 36.4 Å². The Morgan fingerprint density at radius 1 is 1.37 bits per heavy atom. The number of hydrogen-bond donors (Lipinski definition) is 2. The second-order valence-corrected chi connectivity index (χ2v) is 4.32. The number of fused-ring (bicyclic) bond motifs is 1. The number of hydrogen-bond acceptors (Lipinski definition) is 3. The third-order valence-corrected chi connectivity index (χ3v) is 2.84. The lowest BCUT2D eigenvalue weighted by atomic mass is 10.1. The van der Waals surface area contributed by atoms with Gasteiger partial charge in [0.2, 0.25) is 5.91 Å². The van der Waals surface area contributed by atoms with E-state index in [-0.39, 0.29) is 5.91 Å². The van der Waals surface area contributed by atoms with Crippen molar-refractivity contribution < 1.29 is 4.79 Å². The zero-order valence-corrected chi connectivity index (χ0v) is 10.9. The van der Waals surface area contributed by atoms with E-state index in [9.17, 15) is 4.79 Å². The van der Waals surface area contributed by atoms with Crippen molar-refractivity contribution in [1.29, 1.82) is 0 Å². The minimum absolute atomic E-state index is 0.00648. The minimum Gasteiger partial charge on any atom is -0.383 e. The molecule has 0 spiro atoms. The molecule has 2 rings (SSSR count). The average Bonchev–Trinajstić information content (AvgIpc) is 2.41. The molecule has 1 heterocycles. The predicted octanol–water partition coefficient (Wildman–Crippen LogP) is 2.36. The van der Waals surface area contributed by atoms with Crippen LogP contribution >= 0.6 is 0 Å². The van der Waals surface area contributed by atoms with Crippen LogP contribution in [-0.4, -0.2) is 17.4 Å². The maximum absolute atomic E-state index is 10.7. The second-order valence-electron chi connectivity index (χ2n) is 4.32. The van der Waals surface area contributed by atoms with Crippen molar-refractivity contribution in [3.63, 3.8) is 0 Å². The number of carbonyl (C=O) groups excluding carboxylic acids is 1. The van der Waals surface area contributed by atoms with Gasteiger partial charge in [0.05, 0.1) is 0 Å². The molecule has 0 bridgehead atoms. The van der Waals surface area contributed by atoms with Gasteiger partial charge in [-0.1, -0.05) is 36.4 Å². The van der Waals surface area contributed by atoms with E-state index >= 15 is 0 Å². The number of anilines is 1. The first-order valence-electron chi connectivity index (χ1n) is 6.22. The molecule has 0 aliphatic rings. The average molecular weight is 255 g/mol. The van der Waals surface area contributed by atoms with Gasteiger partial charge in [-0.2, -0.15) is 0 Å². The number of nitrogens with two attached hydrogens (primary N) is 1. The van der Waals surface area contributed by atoms with Crippen molar-refractivity contribution >= 4 is 28.6 Å². The van der Waals surface area contributed by atoms with Gasteiger partial charge in [-0.15, -0.1) is 0 Å². The van der Waals surface area contributed by atoms with E-state index in [2.05, 4.69) is 10.3 Å². The first-order chi connectivity index (χ1) is 9.18. The van der Waals surface area contributed by atoms with E-state index < -0.39 is 0 Å². The van der Waals surface area contributed by atoms with E-state index in [1.54, 1.807) is 6.20 Å². The fraction of sp³-hybridized carbons (Fsp3) is 0.200. The standard InChI is InChI=1S/C15H17N3O/c1-11(19)17-9-5-4-6-12-10-18-15(16)14-8-3-2-7-13(12)14/h2-4,6-8,10H,5,9H2,1H3,(H2,16,18)(H,17,19). The van der Waals surface area contributed by atoms with Gasteiger partial charge in [-0.25, -0.2) is 4.98 Å². The number of nitrogens with one attached hydrogen (secondary N) is 1. The third kappa shape index (κ3) is 3.31. The maximum Gasteiger partial charge on any atom is 0.216 e. The Labute approximate surface area is 112 Å². The van der Waals surface area contributed by atoms with Crippen molar-refractivity contribution in [2.45, 2.75) is 13.3 Å². The summed E-state index contributed by atoms with van der Waals surface area (Å²) in [7, 11) is 0. The Bertz CT molecular complexity index is 620. The van der Waals surface area contributed by atoms with Crippen molar-refractivity contribution in [2.75, 3.05) is 12.3 Å². The van der Waals surface area contributed by atoms with Crippen LogP contribution in [0.2, 0.25) is 0 Å². The first-order valence-corrected chi connectivity index (χ1v) is 6.22. The molecule has 0 fully saturated rings. The predicted molar refractivity (Wildman–Crippen MR) is 78.5 cm³/mol. The normalized spacial score (nSPS) is 11.0. The van der Waals surface area contributed by atoms with E-state index in [0.29, 0.717) is 12.4 Å². The van der Waals surface area contributed by atoms with Crippen molar-refractivity contribution in [2.24, 2.45) is 0 Å². The summed E-state index contributed by atoms with van der Waals surface area (Å²) in [5, 5.41) is 4.81. The van der Waals surface area contributed by atoms with Crippen LogP contribution in [0.3, 0.4) is 0 Å². The molecular formula is C15H17N3O. The summed E-state index contributed by atoms with van der Waals surface area (Å²) in [5.41, 5.74) is 6.89. The summed E-state index contributed by atoms with van der Waals surface area (Å²) in [4.78, 5) is 14.9. The lowest BCUT2D eigenvalue weighted by Crippen LogP contribution is -2.20. The quantitative estimate of drug-likeness (QED) is 0.824. The van der Waals surface area contributed by atoms with Crippen LogP contribution in [-0.2, 0) is 4.79 Å². The molecule has 0 unspecified atom stereocenters. The number of benzene rings is 1. The first kappa shape index (κ1) is 13.1. The van der Waals surface area contributed by atoms with E-state index in [1.165, 1.54) is 6.92 Å². The molecule has 0 radical (unpaired) electrons. The second kappa shape index (κ2) is 6.00. The van der Waals surface area contributed by atoms with Gasteiger partial charge >= 0.3 is 0 Å². The maximum atomic E-state index is 10.7. The minimum atomic E-state index is -0.00648. The van der Waals surface area contributed by atoms with Crippen LogP contribution in [0.25, 0.3) is 16.8 Å². The lowest BCUT2D eigenvalue weighted by molar-refractivity contribution is -0.118. The Morgan fingerprint density at radius 3 is 2.84 bits per heavy atom. The van der Waals surface area contributed by atoms with Crippen molar-refractivity contribution in [1.82, 2.24) is 10.3 Å². The molecule has 0 aliphatic heterocycles. The Morgan fingerprint density at radius 2 is 2.11 bits per heavy atom. The monoisotopic (exact) mass is 255 g/mol. The molecule has 0 saturated carbocycles.